The molecule has 3 rings (SSSR count). The van der Waals surface area contributed by atoms with Gasteiger partial charge in [0.05, 0.1) is 34.5 Å². The van der Waals surface area contributed by atoms with Gasteiger partial charge in [-0.25, -0.2) is 17.9 Å². The Morgan fingerprint density at radius 2 is 2.11 bits per heavy atom. The first-order valence-electron chi connectivity index (χ1n) is 8.39. The summed E-state index contributed by atoms with van der Waals surface area (Å²) in [7, 11) is -3.05. The summed E-state index contributed by atoms with van der Waals surface area (Å²) in [4.78, 5) is 12.0. The van der Waals surface area contributed by atoms with Gasteiger partial charge in [-0.1, -0.05) is 16.8 Å². The molecule has 2 aromatic heterocycles. The first-order valence-corrected chi connectivity index (χ1v) is 10.6. The molecule has 146 valence electrons. The number of rotatable bonds is 5. The lowest BCUT2D eigenvalue weighted by molar-refractivity contribution is -0.138. The molecular weight excluding hydrogens is 394 g/mol. The van der Waals surface area contributed by atoms with Crippen molar-refractivity contribution in [3.05, 3.63) is 39.5 Å². The molecule has 0 amide bonds. The molecule has 2 aromatic rings. The van der Waals surface area contributed by atoms with Crippen LogP contribution in [0.15, 0.2) is 10.6 Å². The molecule has 8 nitrogen and oxygen atoms in total. The second-order valence-electron chi connectivity index (χ2n) is 6.54. The standard InChI is InChI=1S/C17H20ClN3O5S/c1-10-14(17(18)21(19-10)13-6-7-27(23,24)9-13)4-5-16(22)25-8-15-11(2)20-26-12(15)3/h4-5,13H,6-9H2,1-3H3/b5-4+/t13-/m0/s1. The van der Waals surface area contributed by atoms with E-state index in [0.717, 1.165) is 5.56 Å². The highest BCUT2D eigenvalue weighted by Crippen LogP contribution is 2.30. The van der Waals surface area contributed by atoms with Crippen LogP contribution in [0.4, 0.5) is 0 Å². The van der Waals surface area contributed by atoms with Gasteiger partial charge in [0, 0.05) is 11.6 Å². The topological polar surface area (TPSA) is 104 Å². The van der Waals surface area contributed by atoms with Crippen LogP contribution in [-0.4, -0.2) is 40.8 Å². The van der Waals surface area contributed by atoms with Gasteiger partial charge in [0.25, 0.3) is 0 Å². The van der Waals surface area contributed by atoms with Gasteiger partial charge < -0.3 is 9.26 Å². The van der Waals surface area contributed by atoms with Gasteiger partial charge in [0.1, 0.15) is 17.5 Å². The molecule has 1 atom stereocenters. The predicted octanol–water partition coefficient (Wildman–Crippen LogP) is 2.57. The molecule has 0 bridgehead atoms. The van der Waals surface area contributed by atoms with E-state index in [-0.39, 0.29) is 24.2 Å². The molecule has 0 N–H and O–H groups in total. The average Bonchev–Trinajstić information content (AvgIpc) is 3.21. The normalized spacial score (nSPS) is 19.0. The molecule has 1 aliphatic rings. The quantitative estimate of drug-likeness (QED) is 0.547. The molecule has 0 spiro atoms. The van der Waals surface area contributed by atoms with Crippen LogP contribution in [0.2, 0.25) is 5.15 Å². The smallest absolute Gasteiger partial charge is 0.331 e. The van der Waals surface area contributed by atoms with Gasteiger partial charge in [0.15, 0.2) is 9.84 Å². The van der Waals surface area contributed by atoms with Crippen LogP contribution in [0.3, 0.4) is 0 Å². The highest BCUT2D eigenvalue weighted by atomic mass is 35.5. The molecule has 1 aliphatic heterocycles. The Labute approximate surface area is 162 Å². The Kier molecular flexibility index (Phi) is 5.43. The summed E-state index contributed by atoms with van der Waals surface area (Å²) in [5.41, 5.74) is 2.59. The Morgan fingerprint density at radius 3 is 2.70 bits per heavy atom. The fourth-order valence-electron chi connectivity index (χ4n) is 2.98. The number of sulfone groups is 1. The van der Waals surface area contributed by atoms with Crippen LogP contribution in [0.25, 0.3) is 6.08 Å². The molecule has 0 unspecified atom stereocenters. The van der Waals surface area contributed by atoms with E-state index in [1.807, 2.05) is 0 Å². The molecule has 0 radical (unpaired) electrons. The zero-order valence-corrected chi connectivity index (χ0v) is 16.8. The van der Waals surface area contributed by atoms with E-state index in [2.05, 4.69) is 10.3 Å². The van der Waals surface area contributed by atoms with Crippen molar-refractivity contribution in [2.24, 2.45) is 0 Å². The van der Waals surface area contributed by atoms with Crippen LogP contribution >= 0.6 is 11.6 Å². The number of ether oxygens (including phenoxy) is 1. The first kappa shape index (κ1) is 19.6. The Bertz CT molecular complexity index is 987. The maximum atomic E-state index is 12.0. The van der Waals surface area contributed by atoms with Gasteiger partial charge in [0.2, 0.25) is 0 Å². The predicted molar refractivity (Wildman–Crippen MR) is 99.1 cm³/mol. The molecule has 0 aromatic carbocycles. The highest BCUT2D eigenvalue weighted by Gasteiger charge is 2.31. The van der Waals surface area contributed by atoms with E-state index in [4.69, 9.17) is 20.9 Å². The zero-order valence-electron chi connectivity index (χ0n) is 15.2. The zero-order chi connectivity index (χ0) is 19.8. The molecule has 0 aliphatic carbocycles. The Hall–Kier alpha value is -2.13. The third-order valence-electron chi connectivity index (χ3n) is 4.55. The van der Waals surface area contributed by atoms with Gasteiger partial charge >= 0.3 is 5.97 Å². The number of nitrogens with zero attached hydrogens (tertiary/aromatic N) is 3. The number of hydrogen-bond donors (Lipinski definition) is 0. The van der Waals surface area contributed by atoms with Gasteiger partial charge in [-0.2, -0.15) is 5.10 Å². The summed E-state index contributed by atoms with van der Waals surface area (Å²) < 4.78 is 35.1. The van der Waals surface area contributed by atoms with Crippen molar-refractivity contribution in [3.63, 3.8) is 0 Å². The minimum absolute atomic E-state index is 0.0243. The number of hydrogen-bond acceptors (Lipinski definition) is 7. The summed E-state index contributed by atoms with van der Waals surface area (Å²) in [5.74, 6) is 0.223. The van der Waals surface area contributed by atoms with E-state index in [9.17, 15) is 13.2 Å². The van der Waals surface area contributed by atoms with Crippen molar-refractivity contribution in [3.8, 4) is 0 Å². The lowest BCUT2D eigenvalue weighted by atomic mass is 10.2. The van der Waals surface area contributed by atoms with Crippen LogP contribution in [0, 0.1) is 20.8 Å². The summed E-state index contributed by atoms with van der Waals surface area (Å²) in [6, 6.07) is -0.283. The van der Waals surface area contributed by atoms with Crippen molar-refractivity contribution in [2.45, 2.75) is 39.8 Å². The van der Waals surface area contributed by atoms with Gasteiger partial charge in [-0.05, 0) is 33.3 Å². The summed E-state index contributed by atoms with van der Waals surface area (Å²) in [6.07, 6.45) is 3.27. The molecule has 1 saturated heterocycles. The minimum Gasteiger partial charge on any atom is -0.457 e. The number of carbonyl (C=O) groups is 1. The SMILES string of the molecule is Cc1nn([C@H]2CCS(=O)(=O)C2)c(Cl)c1/C=C/C(=O)OCc1c(C)noc1C. The largest absolute Gasteiger partial charge is 0.457 e. The Balaban J connectivity index is 1.69. The van der Waals surface area contributed by atoms with E-state index >= 15 is 0 Å². The maximum Gasteiger partial charge on any atom is 0.331 e. The molecule has 1 fully saturated rings. The average molecular weight is 414 g/mol. The van der Waals surface area contributed by atoms with E-state index in [1.165, 1.54) is 16.8 Å². The monoisotopic (exact) mass is 413 g/mol. The molecule has 10 heteroatoms. The fraction of sp³-hybridized carbons (Fsp3) is 0.471. The van der Waals surface area contributed by atoms with Gasteiger partial charge in [-0.15, -0.1) is 0 Å². The van der Waals surface area contributed by atoms with Crippen molar-refractivity contribution in [2.75, 3.05) is 11.5 Å². The van der Waals surface area contributed by atoms with Crippen LogP contribution in [0.5, 0.6) is 0 Å². The highest BCUT2D eigenvalue weighted by molar-refractivity contribution is 7.91. The maximum absolute atomic E-state index is 12.0. The van der Waals surface area contributed by atoms with E-state index < -0.39 is 15.8 Å². The number of esters is 1. The van der Waals surface area contributed by atoms with Crippen LogP contribution < -0.4 is 0 Å². The summed E-state index contributed by atoms with van der Waals surface area (Å²) in [5, 5.41) is 8.46. The molecule has 27 heavy (non-hydrogen) atoms. The minimum atomic E-state index is -3.05. The van der Waals surface area contributed by atoms with Crippen LogP contribution in [-0.2, 0) is 26.0 Å². The summed E-state index contributed by atoms with van der Waals surface area (Å²) in [6.45, 7) is 5.34. The van der Waals surface area contributed by atoms with Crippen molar-refractivity contribution < 1.29 is 22.5 Å². The number of carbonyl (C=O) groups excluding carboxylic acids is 1. The lowest BCUT2D eigenvalue weighted by Gasteiger charge is -2.09. The number of aryl methyl sites for hydroxylation is 3. The molecule has 0 saturated carbocycles. The third-order valence-corrected chi connectivity index (χ3v) is 6.68. The first-order chi connectivity index (χ1) is 12.7. The number of aromatic nitrogens is 3. The van der Waals surface area contributed by atoms with Gasteiger partial charge in [-0.3, -0.25) is 0 Å². The third kappa shape index (κ3) is 4.24. The Morgan fingerprint density at radius 1 is 1.37 bits per heavy atom. The van der Waals surface area contributed by atoms with Crippen molar-refractivity contribution in [1.82, 2.24) is 14.9 Å². The second kappa shape index (κ2) is 7.47. The lowest BCUT2D eigenvalue weighted by Crippen LogP contribution is -2.12. The van der Waals surface area contributed by atoms with Crippen LogP contribution in [0.1, 0.15) is 40.7 Å². The van der Waals surface area contributed by atoms with Crippen molar-refractivity contribution >= 4 is 33.5 Å². The fourth-order valence-corrected chi connectivity index (χ4v) is 5.05. The molecule has 3 heterocycles. The van der Waals surface area contributed by atoms with E-state index in [0.29, 0.717) is 34.3 Å². The van der Waals surface area contributed by atoms with Crippen molar-refractivity contribution in [1.29, 1.82) is 0 Å². The summed E-state index contributed by atoms with van der Waals surface area (Å²) >= 11 is 6.37. The second-order valence-corrected chi connectivity index (χ2v) is 9.12. The van der Waals surface area contributed by atoms with E-state index in [1.54, 1.807) is 20.8 Å². The molecular formula is C17H20ClN3O5S. The number of halogens is 1.